The maximum atomic E-state index is 11.0. The Bertz CT molecular complexity index is 491. The second kappa shape index (κ2) is 7.26. The second-order valence-corrected chi connectivity index (χ2v) is 5.29. The van der Waals surface area contributed by atoms with E-state index < -0.39 is 4.92 Å². The minimum Gasteiger partial charge on any atom is -0.490 e. The van der Waals surface area contributed by atoms with Crippen molar-refractivity contribution in [1.82, 2.24) is 0 Å². The fourth-order valence-corrected chi connectivity index (χ4v) is 2.69. The van der Waals surface area contributed by atoms with E-state index in [1.54, 1.807) is 6.07 Å². The maximum Gasteiger partial charge on any atom is 0.312 e. The Morgan fingerprint density at radius 1 is 1.52 bits per heavy atom. The molecule has 1 fully saturated rings. The molecule has 21 heavy (non-hydrogen) atoms. The predicted octanol–water partition coefficient (Wildman–Crippen LogP) is 3.36. The molecule has 0 aliphatic carbocycles. The van der Waals surface area contributed by atoms with Gasteiger partial charge in [-0.1, -0.05) is 13.3 Å². The van der Waals surface area contributed by atoms with Crippen molar-refractivity contribution < 1.29 is 14.4 Å². The molecule has 1 aromatic rings. The minimum absolute atomic E-state index is 0.0142. The standard InChI is InChI=1S/C15H22N2O4/c1-3-4-13-9-12(7-8-21-13)16-11-5-6-15(20-2)14(10-11)17(18)19/h5-6,10,12-13,16H,3-4,7-9H2,1-2H3. The quantitative estimate of drug-likeness (QED) is 0.643. The highest BCUT2D eigenvalue weighted by atomic mass is 16.6. The van der Waals surface area contributed by atoms with Crippen LogP contribution >= 0.6 is 0 Å². The average Bonchev–Trinajstić information content (AvgIpc) is 2.48. The van der Waals surface area contributed by atoms with Crippen LogP contribution in [0.1, 0.15) is 32.6 Å². The minimum atomic E-state index is -0.423. The van der Waals surface area contributed by atoms with Crippen molar-refractivity contribution >= 4 is 11.4 Å². The van der Waals surface area contributed by atoms with Gasteiger partial charge in [-0.2, -0.15) is 0 Å². The third-order valence-electron chi connectivity index (χ3n) is 3.72. The molecule has 0 aromatic heterocycles. The Kier molecular flexibility index (Phi) is 5.38. The van der Waals surface area contributed by atoms with Crippen LogP contribution in [-0.2, 0) is 4.74 Å². The lowest BCUT2D eigenvalue weighted by Gasteiger charge is -2.30. The number of nitrogens with one attached hydrogen (secondary N) is 1. The zero-order chi connectivity index (χ0) is 15.2. The first-order valence-corrected chi connectivity index (χ1v) is 7.34. The van der Waals surface area contributed by atoms with Gasteiger partial charge in [-0.3, -0.25) is 10.1 Å². The molecular formula is C15H22N2O4. The van der Waals surface area contributed by atoms with Gasteiger partial charge in [0.05, 0.1) is 18.1 Å². The molecule has 6 nitrogen and oxygen atoms in total. The number of nitro groups is 1. The topological polar surface area (TPSA) is 73.6 Å². The first-order chi connectivity index (χ1) is 10.1. The Morgan fingerprint density at radius 3 is 3.00 bits per heavy atom. The first-order valence-electron chi connectivity index (χ1n) is 7.34. The maximum absolute atomic E-state index is 11.0. The smallest absolute Gasteiger partial charge is 0.312 e. The van der Waals surface area contributed by atoms with Gasteiger partial charge in [-0.25, -0.2) is 0 Å². The monoisotopic (exact) mass is 294 g/mol. The second-order valence-electron chi connectivity index (χ2n) is 5.29. The summed E-state index contributed by atoms with van der Waals surface area (Å²) in [4.78, 5) is 10.6. The largest absolute Gasteiger partial charge is 0.490 e. The molecule has 0 bridgehead atoms. The van der Waals surface area contributed by atoms with Crippen molar-refractivity contribution in [3.8, 4) is 5.75 Å². The van der Waals surface area contributed by atoms with Crippen molar-refractivity contribution in [3.05, 3.63) is 28.3 Å². The van der Waals surface area contributed by atoms with Crippen LogP contribution in [0.25, 0.3) is 0 Å². The van der Waals surface area contributed by atoms with E-state index in [2.05, 4.69) is 12.2 Å². The highest BCUT2D eigenvalue weighted by Gasteiger charge is 2.23. The number of nitro benzene ring substituents is 1. The summed E-state index contributed by atoms with van der Waals surface area (Å²) in [7, 11) is 1.43. The summed E-state index contributed by atoms with van der Waals surface area (Å²) >= 11 is 0. The molecule has 1 N–H and O–H groups in total. The lowest BCUT2D eigenvalue weighted by atomic mass is 10.00. The van der Waals surface area contributed by atoms with Gasteiger partial charge < -0.3 is 14.8 Å². The van der Waals surface area contributed by atoms with E-state index >= 15 is 0 Å². The summed E-state index contributed by atoms with van der Waals surface area (Å²) in [6, 6.07) is 5.27. The highest BCUT2D eigenvalue weighted by Crippen LogP contribution is 2.31. The molecule has 2 unspecified atom stereocenters. The van der Waals surface area contributed by atoms with Gasteiger partial charge in [0.2, 0.25) is 0 Å². The summed E-state index contributed by atoms with van der Waals surface area (Å²) in [6.45, 7) is 2.88. The summed E-state index contributed by atoms with van der Waals surface area (Å²) in [6.07, 6.45) is 4.30. The number of anilines is 1. The number of methoxy groups -OCH3 is 1. The summed E-state index contributed by atoms with van der Waals surface area (Å²) in [5, 5.41) is 14.4. The van der Waals surface area contributed by atoms with Crippen LogP contribution in [0.15, 0.2) is 18.2 Å². The van der Waals surface area contributed by atoms with Crippen molar-refractivity contribution in [2.24, 2.45) is 0 Å². The molecule has 1 aliphatic rings. The van der Waals surface area contributed by atoms with E-state index in [-0.39, 0.29) is 17.5 Å². The van der Waals surface area contributed by atoms with E-state index in [0.29, 0.717) is 6.04 Å². The Balaban J connectivity index is 2.05. The molecular weight excluding hydrogens is 272 g/mol. The van der Waals surface area contributed by atoms with Crippen LogP contribution < -0.4 is 10.1 Å². The normalized spacial score (nSPS) is 21.8. The van der Waals surface area contributed by atoms with Crippen LogP contribution in [0.2, 0.25) is 0 Å². The molecule has 0 saturated carbocycles. The number of benzene rings is 1. The third kappa shape index (κ3) is 4.07. The molecule has 1 saturated heterocycles. The van der Waals surface area contributed by atoms with Gasteiger partial charge in [0, 0.05) is 24.4 Å². The van der Waals surface area contributed by atoms with E-state index in [4.69, 9.17) is 9.47 Å². The first kappa shape index (κ1) is 15.6. The van der Waals surface area contributed by atoms with Crippen LogP contribution in [0, 0.1) is 10.1 Å². The van der Waals surface area contributed by atoms with Crippen molar-refractivity contribution in [1.29, 1.82) is 0 Å². The van der Waals surface area contributed by atoms with Crippen molar-refractivity contribution in [2.45, 2.75) is 44.8 Å². The fraction of sp³-hybridized carbons (Fsp3) is 0.600. The molecule has 1 heterocycles. The third-order valence-corrected chi connectivity index (χ3v) is 3.72. The SMILES string of the molecule is CCCC1CC(Nc2ccc(OC)c([N+](=O)[O-])c2)CCO1. The number of nitrogens with zero attached hydrogens (tertiary/aromatic N) is 1. The van der Waals surface area contributed by atoms with Crippen molar-refractivity contribution in [3.63, 3.8) is 0 Å². The predicted molar refractivity (Wildman–Crippen MR) is 80.9 cm³/mol. The van der Waals surface area contributed by atoms with Crippen LogP contribution in [0.5, 0.6) is 5.75 Å². The summed E-state index contributed by atoms with van der Waals surface area (Å²) in [5.41, 5.74) is 0.740. The Labute approximate surface area is 124 Å². The van der Waals surface area contributed by atoms with Crippen LogP contribution in [-0.4, -0.2) is 30.8 Å². The van der Waals surface area contributed by atoms with Gasteiger partial charge in [0.25, 0.3) is 0 Å². The molecule has 0 radical (unpaired) electrons. The van der Waals surface area contributed by atoms with Crippen LogP contribution in [0.4, 0.5) is 11.4 Å². The number of hydrogen-bond donors (Lipinski definition) is 1. The number of hydrogen-bond acceptors (Lipinski definition) is 5. The molecule has 0 spiro atoms. The molecule has 2 rings (SSSR count). The van der Waals surface area contributed by atoms with E-state index in [9.17, 15) is 10.1 Å². The zero-order valence-corrected chi connectivity index (χ0v) is 12.5. The van der Waals surface area contributed by atoms with E-state index in [1.165, 1.54) is 13.2 Å². The summed E-state index contributed by atoms with van der Waals surface area (Å²) < 4.78 is 10.7. The molecule has 6 heteroatoms. The Morgan fingerprint density at radius 2 is 2.33 bits per heavy atom. The highest BCUT2D eigenvalue weighted by molar-refractivity contribution is 5.58. The summed E-state index contributed by atoms with van der Waals surface area (Å²) in [5.74, 6) is 0.279. The fourth-order valence-electron chi connectivity index (χ4n) is 2.69. The number of ether oxygens (including phenoxy) is 2. The van der Waals surface area contributed by atoms with Gasteiger partial charge in [-0.15, -0.1) is 0 Å². The van der Waals surface area contributed by atoms with Crippen LogP contribution in [0.3, 0.4) is 0 Å². The molecule has 116 valence electrons. The average molecular weight is 294 g/mol. The number of rotatable bonds is 6. The van der Waals surface area contributed by atoms with Gasteiger partial charge in [0.1, 0.15) is 0 Å². The molecule has 1 aromatic carbocycles. The van der Waals surface area contributed by atoms with E-state index in [0.717, 1.165) is 38.0 Å². The van der Waals surface area contributed by atoms with Gasteiger partial charge in [0.15, 0.2) is 5.75 Å². The molecule has 0 amide bonds. The molecule has 1 aliphatic heterocycles. The molecule has 2 atom stereocenters. The van der Waals surface area contributed by atoms with Gasteiger partial charge >= 0.3 is 5.69 Å². The lowest BCUT2D eigenvalue weighted by Crippen LogP contribution is -2.33. The zero-order valence-electron chi connectivity index (χ0n) is 12.5. The van der Waals surface area contributed by atoms with Gasteiger partial charge in [-0.05, 0) is 31.4 Å². The Hall–Kier alpha value is -1.82. The van der Waals surface area contributed by atoms with E-state index in [1.807, 2.05) is 6.07 Å². The van der Waals surface area contributed by atoms with Crippen molar-refractivity contribution in [2.75, 3.05) is 19.0 Å². The lowest BCUT2D eigenvalue weighted by molar-refractivity contribution is -0.385.